The van der Waals surface area contributed by atoms with Gasteiger partial charge in [0.2, 0.25) is 0 Å². The highest BCUT2D eigenvalue weighted by atomic mass is 32.1. The monoisotopic (exact) mass is 275 g/mol. The second-order valence-electron chi connectivity index (χ2n) is 3.82. The molecule has 8 heteroatoms. The maximum absolute atomic E-state index is 11.2. The second-order valence-corrected chi connectivity index (χ2v) is 4.71. The molecule has 7 nitrogen and oxygen atoms in total. The SMILES string of the molecule is COC(=O)c1csc([C@@H]2O[C@H](CO)[C@@H](O)[C@H]2O)n1. The lowest BCUT2D eigenvalue weighted by molar-refractivity contribution is -0.0228. The number of nitrogens with zero attached hydrogens (tertiary/aromatic N) is 1. The molecule has 100 valence electrons. The van der Waals surface area contributed by atoms with Crippen molar-refractivity contribution in [3.8, 4) is 0 Å². The van der Waals surface area contributed by atoms with E-state index in [1.54, 1.807) is 0 Å². The van der Waals surface area contributed by atoms with E-state index >= 15 is 0 Å². The summed E-state index contributed by atoms with van der Waals surface area (Å²) in [5, 5.41) is 30.2. The first-order chi connectivity index (χ1) is 8.58. The molecule has 4 atom stereocenters. The van der Waals surface area contributed by atoms with Crippen LogP contribution >= 0.6 is 11.3 Å². The van der Waals surface area contributed by atoms with Crippen molar-refractivity contribution in [3.63, 3.8) is 0 Å². The van der Waals surface area contributed by atoms with Crippen LogP contribution < -0.4 is 0 Å². The molecule has 0 saturated carbocycles. The van der Waals surface area contributed by atoms with Gasteiger partial charge in [-0.1, -0.05) is 0 Å². The largest absolute Gasteiger partial charge is 0.464 e. The van der Waals surface area contributed by atoms with Gasteiger partial charge in [0, 0.05) is 5.38 Å². The Morgan fingerprint density at radius 1 is 1.56 bits per heavy atom. The lowest BCUT2D eigenvalue weighted by Crippen LogP contribution is -2.32. The number of ether oxygens (including phenoxy) is 2. The standard InChI is InChI=1S/C10H13NO6S/c1-16-10(15)4-3-18-9(11-4)8-7(14)6(13)5(2-12)17-8/h3,5-8,12-14H,2H2,1H3/t5-,6-,7-,8-/m1/s1. The Balaban J connectivity index is 2.17. The molecule has 1 aliphatic heterocycles. The quantitative estimate of drug-likeness (QED) is 0.612. The van der Waals surface area contributed by atoms with E-state index in [1.165, 1.54) is 12.5 Å². The third-order valence-corrected chi connectivity index (χ3v) is 3.61. The minimum absolute atomic E-state index is 0.121. The number of hydrogen-bond acceptors (Lipinski definition) is 8. The molecule has 1 aromatic heterocycles. The number of hydrogen-bond donors (Lipinski definition) is 3. The van der Waals surface area contributed by atoms with Gasteiger partial charge < -0.3 is 24.8 Å². The fourth-order valence-corrected chi connectivity index (χ4v) is 2.58. The number of aliphatic hydroxyl groups is 3. The van der Waals surface area contributed by atoms with Crippen molar-refractivity contribution >= 4 is 17.3 Å². The van der Waals surface area contributed by atoms with Crippen molar-refractivity contribution in [2.45, 2.75) is 24.4 Å². The summed E-state index contributed by atoms with van der Waals surface area (Å²) >= 11 is 1.12. The third kappa shape index (κ3) is 2.25. The molecule has 0 aromatic carbocycles. The molecule has 1 aromatic rings. The van der Waals surface area contributed by atoms with Crippen molar-refractivity contribution in [2.75, 3.05) is 13.7 Å². The van der Waals surface area contributed by atoms with Gasteiger partial charge >= 0.3 is 5.97 Å². The molecule has 18 heavy (non-hydrogen) atoms. The first-order valence-corrected chi connectivity index (χ1v) is 6.12. The van der Waals surface area contributed by atoms with Crippen molar-refractivity contribution in [2.24, 2.45) is 0 Å². The number of aromatic nitrogens is 1. The highest BCUT2D eigenvalue weighted by Crippen LogP contribution is 2.34. The number of carbonyl (C=O) groups excluding carboxylic acids is 1. The highest BCUT2D eigenvalue weighted by Gasteiger charge is 2.44. The van der Waals surface area contributed by atoms with E-state index in [0.717, 1.165) is 11.3 Å². The molecule has 1 aliphatic rings. The summed E-state index contributed by atoms with van der Waals surface area (Å²) in [5.41, 5.74) is 0.121. The third-order valence-electron chi connectivity index (χ3n) is 2.70. The molecule has 0 aliphatic carbocycles. The van der Waals surface area contributed by atoms with Gasteiger partial charge in [0.05, 0.1) is 13.7 Å². The first-order valence-electron chi connectivity index (χ1n) is 5.24. The molecule has 1 fully saturated rings. The predicted octanol–water partition coefficient (Wildman–Crippen LogP) is -0.916. The number of esters is 1. The Morgan fingerprint density at radius 2 is 2.28 bits per heavy atom. The van der Waals surface area contributed by atoms with E-state index in [1.807, 2.05) is 0 Å². The topological polar surface area (TPSA) is 109 Å². The fraction of sp³-hybridized carbons (Fsp3) is 0.600. The van der Waals surface area contributed by atoms with Gasteiger partial charge in [-0.3, -0.25) is 0 Å². The van der Waals surface area contributed by atoms with Crippen molar-refractivity contribution in [3.05, 3.63) is 16.1 Å². The normalized spacial score (nSPS) is 31.6. The molecular formula is C10H13NO6S. The van der Waals surface area contributed by atoms with E-state index < -0.39 is 37.0 Å². The summed E-state index contributed by atoms with van der Waals surface area (Å²) in [4.78, 5) is 15.2. The van der Waals surface area contributed by atoms with E-state index in [-0.39, 0.29) is 5.69 Å². The molecule has 1 saturated heterocycles. The molecule has 3 N–H and O–H groups in total. The zero-order chi connectivity index (χ0) is 13.3. The summed E-state index contributed by atoms with van der Waals surface area (Å²) < 4.78 is 9.81. The lowest BCUT2D eigenvalue weighted by Gasteiger charge is -2.11. The molecule has 2 heterocycles. The van der Waals surface area contributed by atoms with Crippen LogP contribution in [0.3, 0.4) is 0 Å². The summed E-state index contributed by atoms with van der Waals surface area (Å²) in [6, 6.07) is 0. The van der Waals surface area contributed by atoms with E-state index in [4.69, 9.17) is 9.84 Å². The molecule has 2 rings (SSSR count). The fourth-order valence-electron chi connectivity index (χ4n) is 1.72. The Bertz CT molecular complexity index is 436. The van der Waals surface area contributed by atoms with E-state index in [0.29, 0.717) is 5.01 Å². The van der Waals surface area contributed by atoms with Gasteiger partial charge in [0.15, 0.2) is 5.69 Å². The maximum Gasteiger partial charge on any atom is 0.357 e. The Kier molecular flexibility index (Phi) is 3.93. The molecule has 0 radical (unpaired) electrons. The van der Waals surface area contributed by atoms with Gasteiger partial charge in [0.1, 0.15) is 29.4 Å². The summed E-state index contributed by atoms with van der Waals surface area (Å²) in [5.74, 6) is -0.579. The van der Waals surface area contributed by atoms with Gasteiger partial charge in [0.25, 0.3) is 0 Å². The summed E-state index contributed by atoms with van der Waals surface area (Å²) in [6.07, 6.45) is -4.06. The van der Waals surface area contributed by atoms with Crippen LogP contribution in [0, 0.1) is 0 Å². The smallest absolute Gasteiger partial charge is 0.357 e. The second kappa shape index (κ2) is 5.29. The molecule has 0 unspecified atom stereocenters. The van der Waals surface area contributed by atoms with Crippen LogP contribution in [0.2, 0.25) is 0 Å². The zero-order valence-corrected chi connectivity index (χ0v) is 10.3. The van der Waals surface area contributed by atoms with E-state index in [9.17, 15) is 15.0 Å². The number of methoxy groups -OCH3 is 1. The number of thiazole rings is 1. The minimum atomic E-state index is -1.18. The van der Waals surface area contributed by atoms with Crippen molar-refractivity contribution in [1.82, 2.24) is 4.98 Å². The van der Waals surface area contributed by atoms with Crippen LogP contribution in [0.4, 0.5) is 0 Å². The highest BCUT2D eigenvalue weighted by molar-refractivity contribution is 7.09. The first kappa shape index (κ1) is 13.4. The van der Waals surface area contributed by atoms with Crippen LogP contribution in [-0.2, 0) is 9.47 Å². The minimum Gasteiger partial charge on any atom is -0.464 e. The molecule has 0 amide bonds. The number of rotatable bonds is 3. The Labute approximate surface area is 107 Å². The van der Waals surface area contributed by atoms with E-state index in [2.05, 4.69) is 9.72 Å². The van der Waals surface area contributed by atoms with Gasteiger partial charge in [-0.2, -0.15) is 0 Å². The predicted molar refractivity (Wildman–Crippen MR) is 60.2 cm³/mol. The number of carbonyl (C=O) groups is 1. The van der Waals surface area contributed by atoms with Gasteiger partial charge in [-0.25, -0.2) is 9.78 Å². The Morgan fingerprint density at radius 3 is 2.83 bits per heavy atom. The van der Waals surface area contributed by atoms with Gasteiger partial charge in [-0.15, -0.1) is 11.3 Å². The molecule has 0 spiro atoms. The van der Waals surface area contributed by atoms with Crippen LogP contribution in [-0.4, -0.2) is 58.3 Å². The average Bonchev–Trinajstić information content (AvgIpc) is 2.96. The molecular weight excluding hydrogens is 262 g/mol. The average molecular weight is 275 g/mol. The lowest BCUT2D eigenvalue weighted by atomic mass is 10.1. The summed E-state index contributed by atoms with van der Waals surface area (Å²) in [6.45, 7) is -0.399. The van der Waals surface area contributed by atoms with Crippen molar-refractivity contribution in [1.29, 1.82) is 0 Å². The van der Waals surface area contributed by atoms with Crippen LogP contribution in [0.1, 0.15) is 21.6 Å². The number of aliphatic hydroxyl groups excluding tert-OH is 3. The Hall–Kier alpha value is -1.06. The zero-order valence-electron chi connectivity index (χ0n) is 9.52. The maximum atomic E-state index is 11.2. The van der Waals surface area contributed by atoms with Crippen LogP contribution in [0.15, 0.2) is 5.38 Å². The van der Waals surface area contributed by atoms with Gasteiger partial charge in [-0.05, 0) is 0 Å². The summed E-state index contributed by atoms with van der Waals surface area (Å²) in [7, 11) is 1.24. The van der Waals surface area contributed by atoms with Crippen LogP contribution in [0.5, 0.6) is 0 Å². The van der Waals surface area contributed by atoms with Crippen molar-refractivity contribution < 1.29 is 29.6 Å². The van der Waals surface area contributed by atoms with Crippen LogP contribution in [0.25, 0.3) is 0 Å². The molecule has 0 bridgehead atoms.